The van der Waals surface area contributed by atoms with Gasteiger partial charge in [0, 0.05) is 30.4 Å². The Hall–Kier alpha value is -2.07. The van der Waals surface area contributed by atoms with Crippen LogP contribution in [0.4, 0.5) is 5.69 Å². The lowest BCUT2D eigenvalue weighted by Crippen LogP contribution is -2.27. The van der Waals surface area contributed by atoms with Gasteiger partial charge in [0.2, 0.25) is 0 Å². The van der Waals surface area contributed by atoms with Gasteiger partial charge in [-0.05, 0) is 29.7 Å². The fourth-order valence-electron chi connectivity index (χ4n) is 2.75. The Morgan fingerprint density at radius 2 is 2.20 bits per heavy atom. The molecule has 0 bridgehead atoms. The molecule has 0 radical (unpaired) electrons. The second kappa shape index (κ2) is 5.51. The van der Waals surface area contributed by atoms with Gasteiger partial charge in [-0.25, -0.2) is 0 Å². The molecule has 4 heteroatoms. The second-order valence-electron chi connectivity index (χ2n) is 5.13. The maximum Gasteiger partial charge on any atom is 0.122 e. The van der Waals surface area contributed by atoms with Crippen LogP contribution in [0.15, 0.2) is 42.7 Å². The van der Waals surface area contributed by atoms with E-state index in [4.69, 9.17) is 10.5 Å². The Bertz CT molecular complexity index is 601. The Morgan fingerprint density at radius 1 is 1.35 bits per heavy atom. The van der Waals surface area contributed by atoms with Crippen molar-refractivity contribution in [3.63, 3.8) is 0 Å². The molecule has 1 aliphatic rings. The third-order valence-corrected chi connectivity index (χ3v) is 3.84. The van der Waals surface area contributed by atoms with Gasteiger partial charge in [0.15, 0.2) is 0 Å². The van der Waals surface area contributed by atoms with Gasteiger partial charge < -0.3 is 15.6 Å². The summed E-state index contributed by atoms with van der Waals surface area (Å²) in [5.41, 5.74) is 8.57. The molecule has 0 spiro atoms. The molecule has 0 aliphatic carbocycles. The molecule has 1 aromatic heterocycles. The number of aliphatic hydroxyl groups is 1. The van der Waals surface area contributed by atoms with Crippen molar-refractivity contribution in [2.45, 2.75) is 24.9 Å². The lowest BCUT2D eigenvalue weighted by Gasteiger charge is -2.29. The third-order valence-electron chi connectivity index (χ3n) is 3.84. The zero-order valence-corrected chi connectivity index (χ0v) is 11.2. The maximum absolute atomic E-state index is 10.6. The Kier molecular flexibility index (Phi) is 3.56. The number of pyridine rings is 1. The summed E-state index contributed by atoms with van der Waals surface area (Å²) >= 11 is 0. The van der Waals surface area contributed by atoms with Crippen LogP contribution in [0.1, 0.15) is 23.5 Å². The van der Waals surface area contributed by atoms with Gasteiger partial charge in [-0.2, -0.15) is 0 Å². The fraction of sp³-hybridized carbons (Fsp3) is 0.312. The number of rotatable bonds is 3. The fourth-order valence-corrected chi connectivity index (χ4v) is 2.75. The maximum atomic E-state index is 10.6. The summed E-state index contributed by atoms with van der Waals surface area (Å²) in [5, 5.41) is 10.6. The molecule has 3 N–H and O–H groups in total. The Labute approximate surface area is 118 Å². The first kappa shape index (κ1) is 12.9. The number of para-hydroxylation sites is 1. The van der Waals surface area contributed by atoms with Crippen LogP contribution in [0, 0.1) is 0 Å². The van der Waals surface area contributed by atoms with Gasteiger partial charge >= 0.3 is 0 Å². The largest absolute Gasteiger partial charge is 0.493 e. The van der Waals surface area contributed by atoms with Gasteiger partial charge in [0.1, 0.15) is 5.75 Å². The van der Waals surface area contributed by atoms with Crippen LogP contribution in [0.3, 0.4) is 0 Å². The van der Waals surface area contributed by atoms with Crippen molar-refractivity contribution in [2.24, 2.45) is 0 Å². The van der Waals surface area contributed by atoms with E-state index in [1.54, 1.807) is 18.5 Å². The van der Waals surface area contributed by atoms with E-state index in [-0.39, 0.29) is 5.92 Å². The highest BCUT2D eigenvalue weighted by molar-refractivity contribution is 5.45. The van der Waals surface area contributed by atoms with Crippen molar-refractivity contribution in [1.82, 2.24) is 4.98 Å². The summed E-state index contributed by atoms with van der Waals surface area (Å²) in [7, 11) is 0. The molecule has 1 aliphatic heterocycles. The molecule has 0 saturated carbocycles. The van der Waals surface area contributed by atoms with E-state index in [0.717, 1.165) is 23.3 Å². The summed E-state index contributed by atoms with van der Waals surface area (Å²) < 4.78 is 5.63. The summed E-state index contributed by atoms with van der Waals surface area (Å²) in [6.45, 7) is 0.640. The van der Waals surface area contributed by atoms with Crippen LogP contribution in [-0.2, 0) is 6.42 Å². The monoisotopic (exact) mass is 270 g/mol. The molecule has 2 heterocycles. The first-order valence-corrected chi connectivity index (χ1v) is 6.84. The van der Waals surface area contributed by atoms with Gasteiger partial charge in [-0.1, -0.05) is 18.2 Å². The third kappa shape index (κ3) is 2.47. The van der Waals surface area contributed by atoms with Crippen LogP contribution >= 0.6 is 0 Å². The smallest absolute Gasteiger partial charge is 0.122 e. The van der Waals surface area contributed by atoms with Crippen LogP contribution in [0.25, 0.3) is 0 Å². The number of hydrogen-bond donors (Lipinski definition) is 2. The molecule has 0 amide bonds. The van der Waals surface area contributed by atoms with Crippen molar-refractivity contribution in [3.8, 4) is 5.75 Å². The minimum Gasteiger partial charge on any atom is -0.493 e. The molecule has 20 heavy (non-hydrogen) atoms. The van der Waals surface area contributed by atoms with E-state index in [0.29, 0.717) is 18.7 Å². The number of nitrogen functional groups attached to an aromatic ring is 1. The zero-order chi connectivity index (χ0) is 13.9. The number of hydrogen-bond acceptors (Lipinski definition) is 4. The number of aromatic nitrogens is 1. The number of fused-ring (bicyclic) bond motifs is 1. The molecule has 3 rings (SSSR count). The SMILES string of the molecule is Nc1ccncc1CC(O)C1CCOc2ccccc21. The summed E-state index contributed by atoms with van der Waals surface area (Å²) in [5.74, 6) is 0.960. The van der Waals surface area contributed by atoms with Crippen LogP contribution in [0.2, 0.25) is 0 Å². The molecule has 0 fully saturated rings. The lowest BCUT2D eigenvalue weighted by molar-refractivity contribution is 0.116. The van der Waals surface area contributed by atoms with Gasteiger partial charge in [-0.3, -0.25) is 4.98 Å². The van der Waals surface area contributed by atoms with Crippen LogP contribution < -0.4 is 10.5 Å². The van der Waals surface area contributed by atoms with Gasteiger partial charge in [-0.15, -0.1) is 0 Å². The lowest BCUT2D eigenvalue weighted by atomic mass is 9.85. The van der Waals surface area contributed by atoms with Crippen molar-refractivity contribution in [1.29, 1.82) is 0 Å². The van der Waals surface area contributed by atoms with E-state index in [1.807, 2.05) is 24.3 Å². The molecule has 2 unspecified atom stereocenters. The molecule has 2 atom stereocenters. The predicted octanol–water partition coefficient (Wildman–Crippen LogP) is 2.13. The summed E-state index contributed by atoms with van der Waals surface area (Å²) in [6, 6.07) is 9.67. The molecule has 1 aromatic carbocycles. The number of anilines is 1. The van der Waals surface area contributed by atoms with Crippen molar-refractivity contribution < 1.29 is 9.84 Å². The first-order valence-electron chi connectivity index (χ1n) is 6.84. The number of nitrogens with two attached hydrogens (primary N) is 1. The zero-order valence-electron chi connectivity index (χ0n) is 11.2. The highest BCUT2D eigenvalue weighted by Gasteiger charge is 2.27. The first-order chi connectivity index (χ1) is 9.75. The average molecular weight is 270 g/mol. The van der Waals surface area contributed by atoms with Crippen LogP contribution in [0.5, 0.6) is 5.75 Å². The number of ether oxygens (including phenoxy) is 1. The van der Waals surface area contributed by atoms with E-state index in [9.17, 15) is 5.11 Å². The highest BCUT2D eigenvalue weighted by Crippen LogP contribution is 2.36. The van der Waals surface area contributed by atoms with E-state index in [2.05, 4.69) is 4.98 Å². The second-order valence-corrected chi connectivity index (χ2v) is 5.13. The average Bonchev–Trinajstić information content (AvgIpc) is 2.49. The number of benzene rings is 1. The number of nitrogens with zero attached hydrogens (tertiary/aromatic N) is 1. The molecule has 2 aromatic rings. The van der Waals surface area contributed by atoms with E-state index >= 15 is 0 Å². The van der Waals surface area contributed by atoms with E-state index < -0.39 is 6.10 Å². The quantitative estimate of drug-likeness (QED) is 0.896. The molecule has 0 saturated heterocycles. The molecular weight excluding hydrogens is 252 g/mol. The molecule has 4 nitrogen and oxygen atoms in total. The minimum absolute atomic E-state index is 0.0829. The normalized spacial score (nSPS) is 18.9. The highest BCUT2D eigenvalue weighted by atomic mass is 16.5. The Balaban J connectivity index is 1.82. The molecule has 104 valence electrons. The van der Waals surface area contributed by atoms with Crippen molar-refractivity contribution in [2.75, 3.05) is 12.3 Å². The van der Waals surface area contributed by atoms with Gasteiger partial charge in [0.05, 0.1) is 12.7 Å². The Morgan fingerprint density at radius 3 is 3.05 bits per heavy atom. The van der Waals surface area contributed by atoms with Gasteiger partial charge in [0.25, 0.3) is 0 Å². The molecular formula is C16H18N2O2. The van der Waals surface area contributed by atoms with E-state index in [1.165, 1.54) is 0 Å². The summed E-state index contributed by atoms with van der Waals surface area (Å²) in [4.78, 5) is 4.07. The standard InChI is InChI=1S/C16H18N2O2/c17-14-5-7-18-10-11(14)9-15(19)12-6-8-20-16-4-2-1-3-13(12)16/h1-5,7,10,12,15,19H,6,8-9H2,(H2,17,18). The minimum atomic E-state index is -0.480. The van der Waals surface area contributed by atoms with Crippen molar-refractivity contribution in [3.05, 3.63) is 53.9 Å². The summed E-state index contributed by atoms with van der Waals surface area (Å²) in [6.07, 6.45) is 4.24. The van der Waals surface area contributed by atoms with Crippen LogP contribution in [-0.4, -0.2) is 22.8 Å². The number of aliphatic hydroxyl groups excluding tert-OH is 1. The topological polar surface area (TPSA) is 68.4 Å². The predicted molar refractivity (Wildman–Crippen MR) is 77.7 cm³/mol. The van der Waals surface area contributed by atoms with Crippen molar-refractivity contribution >= 4 is 5.69 Å².